The second-order valence-corrected chi connectivity index (χ2v) is 9.75. The van der Waals surface area contributed by atoms with Crippen LogP contribution in [0.2, 0.25) is 0 Å². The fourth-order valence-corrected chi connectivity index (χ4v) is 6.24. The topological polar surface area (TPSA) is 197 Å². The number of amides is 2. The number of rotatable bonds is 6. The number of hydrogen-bond acceptors (Lipinski definition) is 14. The van der Waals surface area contributed by atoms with Crippen LogP contribution in [0.25, 0.3) is 0 Å². The first-order valence-corrected chi connectivity index (χ1v) is 11.3. The van der Waals surface area contributed by atoms with Gasteiger partial charge in [0.25, 0.3) is 11.8 Å². The van der Waals surface area contributed by atoms with E-state index in [2.05, 4.69) is 29.4 Å². The van der Waals surface area contributed by atoms with Crippen LogP contribution in [-0.2, 0) is 14.4 Å². The van der Waals surface area contributed by atoms with Crippen LogP contribution < -0.4 is 11.1 Å². The number of carboxylic acids is 1. The molecule has 5 N–H and O–H groups in total. The lowest BCUT2D eigenvalue weighted by Gasteiger charge is -2.49. The van der Waals surface area contributed by atoms with Gasteiger partial charge < -0.3 is 21.4 Å². The molecule has 0 radical (unpaired) electrons. The molecular weight excluding hydrogens is 476 g/mol. The fraction of sp³-hybridized carbons (Fsp3) is 0.231. The molecule has 0 aromatic carbocycles. The Labute approximate surface area is 183 Å². The van der Waals surface area contributed by atoms with E-state index < -0.39 is 34.9 Å². The third-order valence-electron chi connectivity index (χ3n) is 3.96. The highest BCUT2D eigenvalue weighted by molar-refractivity contribution is 8.07. The summed E-state index contributed by atoms with van der Waals surface area (Å²) in [6.07, 6.45) is 1.51. The molecule has 30 heavy (non-hydrogen) atoms. The number of hydrogen-bond donors (Lipinski definition) is 4. The Balaban J connectivity index is 1.52. The van der Waals surface area contributed by atoms with E-state index in [0.717, 1.165) is 28.0 Å². The monoisotopic (exact) mass is 486 g/mol. The van der Waals surface area contributed by atoms with Crippen LogP contribution in [-0.4, -0.2) is 74.8 Å². The molecule has 0 bridgehead atoms. The van der Waals surface area contributed by atoms with Crippen LogP contribution >= 0.6 is 46.6 Å². The van der Waals surface area contributed by atoms with Crippen LogP contribution in [0.4, 0.5) is 5.13 Å². The van der Waals surface area contributed by atoms with Crippen molar-refractivity contribution >= 4 is 75.2 Å². The highest BCUT2D eigenvalue weighted by Crippen LogP contribution is 2.45. The van der Waals surface area contributed by atoms with Crippen molar-refractivity contribution in [3.63, 3.8) is 0 Å². The first kappa shape index (κ1) is 20.5. The summed E-state index contributed by atoms with van der Waals surface area (Å²) in [4.78, 5) is 42.3. The average Bonchev–Trinajstić information content (AvgIpc) is 3.38. The zero-order valence-corrected chi connectivity index (χ0v) is 17.7. The summed E-state index contributed by atoms with van der Waals surface area (Å²) < 4.78 is 8.22. The summed E-state index contributed by atoms with van der Waals surface area (Å²) in [5.74, 6) is -2.60. The minimum absolute atomic E-state index is 0.0742. The fourth-order valence-electron chi connectivity index (χ4n) is 2.73. The molecule has 1 unspecified atom stereocenters. The van der Waals surface area contributed by atoms with Gasteiger partial charge in [-0.05, 0) is 11.5 Å². The molecule has 4 rings (SSSR count). The van der Waals surface area contributed by atoms with Crippen LogP contribution in [0.3, 0.4) is 0 Å². The maximum absolute atomic E-state index is 12.7. The minimum Gasteiger partial charge on any atom is -0.477 e. The van der Waals surface area contributed by atoms with Crippen LogP contribution in [0.5, 0.6) is 0 Å². The van der Waals surface area contributed by atoms with Crippen LogP contribution in [0.15, 0.2) is 26.2 Å². The first-order chi connectivity index (χ1) is 14.4. The van der Waals surface area contributed by atoms with Crippen LogP contribution in [0, 0.1) is 0 Å². The number of fused-ring (bicyclic) bond motifs is 1. The Morgan fingerprint density at radius 3 is 2.80 bits per heavy atom. The maximum Gasteiger partial charge on any atom is 0.353 e. The van der Waals surface area contributed by atoms with E-state index in [-0.39, 0.29) is 16.7 Å². The summed E-state index contributed by atoms with van der Waals surface area (Å²) in [6.45, 7) is 0. The van der Waals surface area contributed by atoms with E-state index in [1.807, 2.05) is 0 Å². The lowest BCUT2D eigenvalue weighted by Crippen LogP contribution is -2.71. The molecule has 0 spiro atoms. The molecule has 156 valence electrons. The van der Waals surface area contributed by atoms with Gasteiger partial charge >= 0.3 is 5.97 Å². The molecule has 2 aliphatic rings. The van der Waals surface area contributed by atoms with Crippen molar-refractivity contribution in [1.29, 1.82) is 0 Å². The van der Waals surface area contributed by atoms with Gasteiger partial charge in [-0.1, -0.05) is 21.4 Å². The molecule has 1 fully saturated rings. The lowest BCUT2D eigenvalue weighted by atomic mass is 10.0. The summed E-state index contributed by atoms with van der Waals surface area (Å²) in [5, 5.41) is 27.3. The molecule has 0 aliphatic carbocycles. The molecule has 2 atom stereocenters. The number of oxime groups is 1. The quantitative estimate of drug-likeness (QED) is 0.179. The van der Waals surface area contributed by atoms with Crippen molar-refractivity contribution in [1.82, 2.24) is 29.2 Å². The summed E-state index contributed by atoms with van der Waals surface area (Å²) >= 11 is 4.41. The highest BCUT2D eigenvalue weighted by atomic mass is 32.2. The number of nitrogens with one attached hydrogen (secondary N) is 1. The molecule has 2 aliphatic heterocycles. The van der Waals surface area contributed by atoms with Gasteiger partial charge in [0.2, 0.25) is 11.5 Å². The van der Waals surface area contributed by atoms with Gasteiger partial charge in [-0.25, -0.2) is 4.79 Å². The predicted octanol–water partition coefficient (Wildman–Crippen LogP) is -0.361. The number of thioether (sulfide) groups is 2. The van der Waals surface area contributed by atoms with Crippen molar-refractivity contribution < 1.29 is 24.7 Å². The summed E-state index contributed by atoms with van der Waals surface area (Å²) in [5.41, 5.74) is 4.82. The third kappa shape index (κ3) is 3.59. The molecule has 4 heterocycles. The molecule has 13 nitrogen and oxygen atoms in total. The number of nitrogen functional groups attached to an aromatic ring is 1. The predicted molar refractivity (Wildman–Crippen MR) is 108 cm³/mol. The van der Waals surface area contributed by atoms with Gasteiger partial charge in [-0.15, -0.1) is 16.9 Å². The smallest absolute Gasteiger partial charge is 0.353 e. The molecule has 0 saturated carbocycles. The average molecular weight is 487 g/mol. The summed E-state index contributed by atoms with van der Waals surface area (Å²) in [7, 11) is 0. The number of carbonyl (C=O) groups is 3. The van der Waals surface area contributed by atoms with Gasteiger partial charge in [0, 0.05) is 22.2 Å². The molecule has 2 aromatic rings. The van der Waals surface area contributed by atoms with Gasteiger partial charge in [0.15, 0.2) is 5.13 Å². The standard InChI is InChI=1S/C13H10N8O5S4/c14-13-17-8(19-30-13)5(18-26)9(22)16-6-10(23)21-7(12(24)25)3(2-27-11(6)21)28-4-1-15-20-29-4/h1,6,11,26H,2H2,(H,16,22)(H,24,25)(H2,14,17,19)/t6-,11?/m1/s1. The largest absolute Gasteiger partial charge is 0.477 e. The number of anilines is 1. The molecular formula is C13H10N8O5S4. The number of carboxylic acid groups (broad SMARTS) is 1. The lowest BCUT2D eigenvalue weighted by molar-refractivity contribution is -0.150. The van der Waals surface area contributed by atoms with Gasteiger partial charge in [0.05, 0.1) is 6.20 Å². The van der Waals surface area contributed by atoms with E-state index in [1.165, 1.54) is 29.7 Å². The highest BCUT2D eigenvalue weighted by Gasteiger charge is 2.54. The number of carbonyl (C=O) groups excluding carboxylic acids is 2. The van der Waals surface area contributed by atoms with Gasteiger partial charge in [0.1, 0.15) is 21.3 Å². The van der Waals surface area contributed by atoms with Crippen molar-refractivity contribution in [3.8, 4) is 0 Å². The first-order valence-electron chi connectivity index (χ1n) is 7.89. The van der Waals surface area contributed by atoms with E-state index in [0.29, 0.717) is 14.9 Å². The molecule has 1 saturated heterocycles. The second-order valence-electron chi connectivity index (χ2n) is 5.68. The zero-order chi connectivity index (χ0) is 21.4. The Morgan fingerprint density at radius 2 is 2.20 bits per heavy atom. The third-order valence-corrected chi connectivity index (χ3v) is 7.79. The SMILES string of the molecule is Nc1nc(C(=NO)C(=O)N[C@@H]2C(=O)N3C(C(=O)O)=C(Sc4cnns4)CSC23)ns1. The maximum atomic E-state index is 12.7. The Kier molecular flexibility index (Phi) is 5.58. The summed E-state index contributed by atoms with van der Waals surface area (Å²) in [6, 6.07) is -0.999. The van der Waals surface area contributed by atoms with Crippen molar-refractivity contribution in [2.45, 2.75) is 15.6 Å². The number of nitrogens with zero attached hydrogens (tertiary/aromatic N) is 6. The Morgan fingerprint density at radius 1 is 1.40 bits per heavy atom. The van der Waals surface area contributed by atoms with Gasteiger partial charge in [-0.2, -0.15) is 9.36 Å². The number of aliphatic carboxylic acids is 1. The van der Waals surface area contributed by atoms with E-state index in [4.69, 9.17) is 10.9 Å². The van der Waals surface area contributed by atoms with Crippen LogP contribution in [0.1, 0.15) is 5.82 Å². The molecule has 17 heteroatoms. The number of nitrogens with two attached hydrogens (primary N) is 1. The van der Waals surface area contributed by atoms with Crippen molar-refractivity contribution in [3.05, 3.63) is 22.6 Å². The number of aromatic nitrogens is 4. The normalized spacial score (nSPS) is 21.3. The second kappa shape index (κ2) is 8.17. The number of β-lactam (4-membered cyclic amide) rings is 1. The molecule has 2 aromatic heterocycles. The molecule has 2 amide bonds. The van der Waals surface area contributed by atoms with E-state index in [9.17, 15) is 19.5 Å². The van der Waals surface area contributed by atoms with E-state index in [1.54, 1.807) is 0 Å². The minimum atomic E-state index is -1.25. The van der Waals surface area contributed by atoms with Crippen molar-refractivity contribution in [2.75, 3.05) is 11.5 Å². The zero-order valence-electron chi connectivity index (χ0n) is 14.5. The van der Waals surface area contributed by atoms with Gasteiger partial charge in [-0.3, -0.25) is 14.5 Å². The Hall–Kier alpha value is -2.76. The van der Waals surface area contributed by atoms with Crippen molar-refractivity contribution in [2.24, 2.45) is 5.16 Å². The van der Waals surface area contributed by atoms with E-state index >= 15 is 0 Å². The Bertz CT molecular complexity index is 1080.